The summed E-state index contributed by atoms with van der Waals surface area (Å²) in [5.41, 5.74) is 5.48. The van der Waals surface area contributed by atoms with E-state index in [1.165, 1.54) is 6.42 Å². The highest BCUT2D eigenvalue weighted by Crippen LogP contribution is 2.25. The maximum atomic E-state index is 12.1. The van der Waals surface area contributed by atoms with Crippen molar-refractivity contribution in [3.63, 3.8) is 0 Å². The van der Waals surface area contributed by atoms with Crippen molar-refractivity contribution in [1.82, 2.24) is 5.32 Å². The quantitative estimate of drug-likeness (QED) is 0.775. The first-order valence-electron chi connectivity index (χ1n) is 7.06. The molecule has 6 heteroatoms. The molecule has 0 bridgehead atoms. The van der Waals surface area contributed by atoms with Crippen molar-refractivity contribution in [2.45, 2.75) is 37.6 Å². The minimum Gasteiger partial charge on any atom is -0.492 e. The van der Waals surface area contributed by atoms with Gasteiger partial charge in [0.05, 0.1) is 12.1 Å². The fourth-order valence-corrected chi connectivity index (χ4v) is 2.85. The number of carbonyl (C=O) groups excluding carboxylic acids is 1. The third-order valence-corrected chi connectivity index (χ3v) is 4.14. The topological polar surface area (TPSA) is 64.4 Å². The average molecular weight is 378 g/mol. The maximum absolute atomic E-state index is 12.1. The molecule has 0 atom stereocenters. The maximum Gasteiger partial charge on any atom is 0.240 e. The molecular formula is C15H22BrClN2O2. The van der Waals surface area contributed by atoms with Crippen molar-refractivity contribution in [2.75, 3.05) is 13.2 Å². The predicted molar refractivity (Wildman–Crippen MR) is 89.9 cm³/mol. The Morgan fingerprint density at radius 2 is 2.05 bits per heavy atom. The molecule has 21 heavy (non-hydrogen) atoms. The van der Waals surface area contributed by atoms with Gasteiger partial charge in [-0.05, 0) is 31.0 Å². The van der Waals surface area contributed by atoms with Gasteiger partial charge < -0.3 is 15.8 Å². The molecular weight excluding hydrogens is 356 g/mol. The number of nitrogens with one attached hydrogen (secondary N) is 1. The number of hydrogen-bond donors (Lipinski definition) is 2. The Hall–Kier alpha value is -0.780. The summed E-state index contributed by atoms with van der Waals surface area (Å²) in [4.78, 5) is 12.1. The van der Waals surface area contributed by atoms with Crippen LogP contribution in [0.2, 0.25) is 0 Å². The fraction of sp³-hybridized carbons (Fsp3) is 0.533. The van der Waals surface area contributed by atoms with Crippen molar-refractivity contribution in [2.24, 2.45) is 5.73 Å². The van der Waals surface area contributed by atoms with Gasteiger partial charge in [-0.1, -0.05) is 41.3 Å². The molecule has 118 valence electrons. The average Bonchev–Trinajstić information content (AvgIpc) is 2.44. The molecule has 1 aromatic carbocycles. The van der Waals surface area contributed by atoms with E-state index in [2.05, 4.69) is 21.2 Å². The lowest BCUT2D eigenvalue weighted by molar-refractivity contribution is -0.127. The Morgan fingerprint density at radius 1 is 1.33 bits per heavy atom. The Balaban J connectivity index is 0.00000220. The van der Waals surface area contributed by atoms with Gasteiger partial charge in [0.2, 0.25) is 5.91 Å². The van der Waals surface area contributed by atoms with E-state index in [-0.39, 0.29) is 18.3 Å². The van der Waals surface area contributed by atoms with Gasteiger partial charge in [0.15, 0.2) is 0 Å². The molecule has 0 radical (unpaired) electrons. The number of amides is 1. The third-order valence-electron chi connectivity index (χ3n) is 3.65. The summed E-state index contributed by atoms with van der Waals surface area (Å²) in [6, 6.07) is 7.64. The molecule has 1 aliphatic rings. The zero-order valence-electron chi connectivity index (χ0n) is 11.9. The van der Waals surface area contributed by atoms with E-state index in [9.17, 15) is 4.79 Å². The molecule has 0 heterocycles. The zero-order chi connectivity index (χ0) is 14.4. The minimum atomic E-state index is -0.673. The molecule has 0 unspecified atom stereocenters. The van der Waals surface area contributed by atoms with Crippen molar-refractivity contribution < 1.29 is 9.53 Å². The number of carbonyl (C=O) groups is 1. The highest BCUT2D eigenvalue weighted by molar-refractivity contribution is 9.10. The standard InChI is InChI=1S/C15H21BrN2O2.ClH/c16-12-5-4-6-13(11-12)20-10-9-18-14(19)15(17)7-2-1-3-8-15;/h4-6,11H,1-3,7-10,17H2,(H,18,19);1H. The number of halogens is 2. The molecule has 1 fully saturated rings. The smallest absolute Gasteiger partial charge is 0.240 e. The number of hydrogen-bond acceptors (Lipinski definition) is 3. The summed E-state index contributed by atoms with van der Waals surface area (Å²) >= 11 is 3.39. The zero-order valence-corrected chi connectivity index (χ0v) is 14.3. The normalized spacial score (nSPS) is 16.7. The van der Waals surface area contributed by atoms with Crippen LogP contribution in [-0.2, 0) is 4.79 Å². The van der Waals surface area contributed by atoms with Crippen LogP contribution in [0.15, 0.2) is 28.7 Å². The number of nitrogens with two attached hydrogens (primary N) is 1. The van der Waals surface area contributed by atoms with E-state index in [4.69, 9.17) is 10.5 Å². The molecule has 1 aromatic rings. The molecule has 0 spiro atoms. The van der Waals surface area contributed by atoms with E-state index in [0.29, 0.717) is 13.2 Å². The van der Waals surface area contributed by atoms with Gasteiger partial charge in [0, 0.05) is 4.47 Å². The van der Waals surface area contributed by atoms with Crippen LogP contribution in [0.25, 0.3) is 0 Å². The highest BCUT2D eigenvalue weighted by atomic mass is 79.9. The first-order chi connectivity index (χ1) is 9.60. The summed E-state index contributed by atoms with van der Waals surface area (Å²) in [6.07, 6.45) is 4.83. The second kappa shape index (κ2) is 8.61. The van der Waals surface area contributed by atoms with E-state index < -0.39 is 5.54 Å². The largest absolute Gasteiger partial charge is 0.492 e. The van der Waals surface area contributed by atoms with Gasteiger partial charge in [0.1, 0.15) is 12.4 Å². The highest BCUT2D eigenvalue weighted by Gasteiger charge is 2.34. The Morgan fingerprint density at radius 3 is 2.71 bits per heavy atom. The van der Waals surface area contributed by atoms with E-state index >= 15 is 0 Å². The van der Waals surface area contributed by atoms with E-state index in [0.717, 1.165) is 35.9 Å². The summed E-state index contributed by atoms with van der Waals surface area (Å²) in [5.74, 6) is 0.740. The Bertz CT molecular complexity index is 465. The van der Waals surface area contributed by atoms with Crippen LogP contribution in [0.4, 0.5) is 0 Å². The number of benzene rings is 1. The monoisotopic (exact) mass is 376 g/mol. The van der Waals surface area contributed by atoms with Gasteiger partial charge in [0.25, 0.3) is 0 Å². The second-order valence-corrected chi connectivity index (χ2v) is 6.19. The van der Waals surface area contributed by atoms with Crippen molar-refractivity contribution in [1.29, 1.82) is 0 Å². The molecule has 0 saturated heterocycles. The fourth-order valence-electron chi connectivity index (χ4n) is 2.48. The van der Waals surface area contributed by atoms with Crippen LogP contribution < -0.4 is 15.8 Å². The van der Waals surface area contributed by atoms with E-state index in [1.54, 1.807) is 0 Å². The van der Waals surface area contributed by atoms with Crippen molar-refractivity contribution in [3.8, 4) is 5.75 Å². The molecule has 2 rings (SSSR count). The predicted octanol–water partition coefficient (Wildman–Crippen LogP) is 3.03. The van der Waals surface area contributed by atoms with Crippen LogP contribution >= 0.6 is 28.3 Å². The lowest BCUT2D eigenvalue weighted by Crippen LogP contribution is -2.55. The molecule has 4 nitrogen and oxygen atoms in total. The number of rotatable bonds is 5. The molecule has 1 aliphatic carbocycles. The van der Waals surface area contributed by atoms with Crippen molar-refractivity contribution >= 4 is 34.2 Å². The first-order valence-corrected chi connectivity index (χ1v) is 7.85. The summed E-state index contributed by atoms with van der Waals surface area (Å²) < 4.78 is 6.55. The number of ether oxygens (including phenoxy) is 1. The van der Waals surface area contributed by atoms with Gasteiger partial charge in [-0.3, -0.25) is 4.79 Å². The van der Waals surface area contributed by atoms with Crippen LogP contribution in [0.1, 0.15) is 32.1 Å². The molecule has 0 aliphatic heterocycles. The molecule has 1 amide bonds. The molecule has 3 N–H and O–H groups in total. The van der Waals surface area contributed by atoms with Gasteiger partial charge in [-0.15, -0.1) is 12.4 Å². The molecule has 1 saturated carbocycles. The van der Waals surface area contributed by atoms with Crippen molar-refractivity contribution in [3.05, 3.63) is 28.7 Å². The first kappa shape index (κ1) is 18.3. The SMILES string of the molecule is Cl.NC1(C(=O)NCCOc2cccc(Br)c2)CCCCC1. The summed E-state index contributed by atoms with van der Waals surface area (Å²) in [6.45, 7) is 0.919. The summed E-state index contributed by atoms with van der Waals surface area (Å²) in [7, 11) is 0. The van der Waals surface area contributed by atoms with Crippen LogP contribution in [-0.4, -0.2) is 24.6 Å². The van der Waals surface area contributed by atoms with Crippen LogP contribution in [0.5, 0.6) is 5.75 Å². The van der Waals surface area contributed by atoms with Gasteiger partial charge in [-0.25, -0.2) is 0 Å². The molecule has 0 aromatic heterocycles. The van der Waals surface area contributed by atoms with E-state index in [1.807, 2.05) is 24.3 Å². The Labute approximate surface area is 140 Å². The van der Waals surface area contributed by atoms with Gasteiger partial charge >= 0.3 is 0 Å². The second-order valence-electron chi connectivity index (χ2n) is 5.28. The minimum absolute atomic E-state index is 0. The lowest BCUT2D eigenvalue weighted by atomic mass is 9.82. The van der Waals surface area contributed by atoms with Crippen LogP contribution in [0.3, 0.4) is 0 Å². The summed E-state index contributed by atoms with van der Waals surface area (Å²) in [5, 5.41) is 2.88. The lowest BCUT2D eigenvalue weighted by Gasteiger charge is -2.31. The van der Waals surface area contributed by atoms with Crippen LogP contribution in [0, 0.1) is 0 Å². The Kier molecular flexibility index (Phi) is 7.49. The van der Waals surface area contributed by atoms with Gasteiger partial charge in [-0.2, -0.15) is 0 Å². The third kappa shape index (κ3) is 5.49.